The molecule has 0 unspecified atom stereocenters. The first kappa shape index (κ1) is 58.2. The first-order chi connectivity index (χ1) is 30.5. The van der Waals surface area contributed by atoms with Crippen LogP contribution in [0.4, 0.5) is 0 Å². The molecule has 10 heterocycles. The molecular weight excluding hydrogens is 889 g/mol. The second kappa shape index (κ2) is 28.3. The van der Waals surface area contributed by atoms with Crippen LogP contribution in [0.3, 0.4) is 0 Å². The molecule has 10 aromatic heterocycles. The second-order valence-electron chi connectivity index (χ2n) is 13.8. The zero-order valence-corrected chi connectivity index (χ0v) is 47.6. The van der Waals surface area contributed by atoms with Gasteiger partial charge in [0.1, 0.15) is 28.8 Å². The van der Waals surface area contributed by atoms with Crippen LogP contribution in [0, 0.1) is 96.9 Å². The molecule has 5 nitrogen and oxygen atoms in total. The third kappa shape index (κ3) is 14.9. The van der Waals surface area contributed by atoms with E-state index in [2.05, 4.69) is 98.0 Å². The summed E-state index contributed by atoms with van der Waals surface area (Å²) in [5, 5.41) is 8.51. The number of fused-ring (bicyclic) bond motifs is 5. The molecule has 0 aliphatic heterocycles. The quantitative estimate of drug-likeness (QED) is 0.151. The fraction of sp³-hybridized carbons (Fsp3) is 0.444. The monoisotopic (exact) mass is 966 g/mol. The Morgan fingerprint density at radius 3 is 1.30 bits per heavy atom. The molecule has 0 aromatic carbocycles. The molecule has 10 heteroatoms. The summed E-state index contributed by atoms with van der Waals surface area (Å²) in [5.74, 6) is 5.12. The smallest absolute Gasteiger partial charge is 0.188 e. The highest BCUT2D eigenvalue weighted by molar-refractivity contribution is 7.19. The van der Waals surface area contributed by atoms with Gasteiger partial charge in [-0.3, -0.25) is 0 Å². The van der Waals surface area contributed by atoms with E-state index in [1.54, 1.807) is 56.7 Å². The Morgan fingerprint density at radius 1 is 0.344 bits per heavy atom. The maximum atomic E-state index is 5.62. The lowest BCUT2D eigenvalue weighted by Crippen LogP contribution is -1.74. The minimum Gasteiger partial charge on any atom is -0.451 e. The van der Waals surface area contributed by atoms with Crippen LogP contribution in [0.2, 0.25) is 0 Å². The molecule has 0 aliphatic carbocycles. The molecule has 354 valence electrons. The topological polar surface area (TPSA) is 65.7 Å². The van der Waals surface area contributed by atoms with Crippen molar-refractivity contribution >= 4 is 108 Å². The van der Waals surface area contributed by atoms with Gasteiger partial charge >= 0.3 is 0 Å². The van der Waals surface area contributed by atoms with E-state index in [4.69, 9.17) is 22.1 Å². The number of hydrogen-bond donors (Lipinski definition) is 0. The van der Waals surface area contributed by atoms with Gasteiger partial charge in [0, 0.05) is 46.4 Å². The zero-order chi connectivity index (χ0) is 49.2. The average Bonchev–Trinajstić information content (AvgIpc) is 4.20. The average molecular weight is 968 g/mol. The number of thiophene rings is 5. The Labute approximate surface area is 405 Å². The van der Waals surface area contributed by atoms with Gasteiger partial charge in [0.05, 0.1) is 0 Å². The van der Waals surface area contributed by atoms with E-state index < -0.39 is 0 Å². The second-order valence-corrected chi connectivity index (χ2v) is 19.5. The summed E-state index contributed by atoms with van der Waals surface area (Å²) in [7, 11) is 0. The molecule has 10 rings (SSSR count). The predicted molar refractivity (Wildman–Crippen MR) is 294 cm³/mol. The zero-order valence-electron chi connectivity index (χ0n) is 43.5. The van der Waals surface area contributed by atoms with Gasteiger partial charge in [-0.05, 0) is 160 Å². The van der Waals surface area contributed by atoms with Crippen LogP contribution in [0.5, 0.6) is 0 Å². The summed E-state index contributed by atoms with van der Waals surface area (Å²) in [6, 6.07) is 10.6. The van der Waals surface area contributed by atoms with Gasteiger partial charge in [0.25, 0.3) is 0 Å². The van der Waals surface area contributed by atoms with E-state index in [-0.39, 0.29) is 0 Å². The SMILES string of the molecule is CC.CC.CC.CC.CC.Cc1cc2c(C)c(C)oc2s1.Cc1cc2c(C)c(C)sc2o1.Cc1cc2c(C)csc2o1.Cc1cc2cc(C)sc2o1.Cc1oc2sc(C)c(C)c2c1C. The molecule has 0 fully saturated rings. The van der Waals surface area contributed by atoms with Crippen LogP contribution in [0.25, 0.3) is 51.4 Å². The first-order valence-electron chi connectivity index (χ1n) is 22.8. The minimum absolute atomic E-state index is 1.00. The Kier molecular flexibility index (Phi) is 25.7. The number of furan rings is 5. The third-order valence-electron chi connectivity index (χ3n) is 9.55. The summed E-state index contributed by atoms with van der Waals surface area (Å²) in [5.41, 5.74) is 6.64. The van der Waals surface area contributed by atoms with Crippen LogP contribution in [-0.4, -0.2) is 0 Å². The van der Waals surface area contributed by atoms with Gasteiger partial charge in [0.2, 0.25) is 0 Å². The Bertz CT molecular complexity index is 2660. The van der Waals surface area contributed by atoms with E-state index >= 15 is 0 Å². The normalized spacial score (nSPS) is 9.88. The standard InChI is InChI=1S/C10H12OS.2C9H10OS.2C8H8OS.5C2H6/c1-5-7(3)11-10-9(5)6(2)8(4)12-10;1-5-4-8-6(2)7(3)10-9(8)11-5;1-5-4-8-6(2)7(3)11-9(8)10-5;1-5-4-10-8-7(5)3-6(2)9-8;1-5-3-7-4-6(2)10-8(7)9-5;5*1-2/h1-4H3;2*4H,1-3H3;2*3-4H,1-2H3;5*1-2H3. The molecule has 0 radical (unpaired) electrons. The first-order valence-corrected chi connectivity index (χ1v) is 26.9. The highest BCUT2D eigenvalue weighted by Crippen LogP contribution is 2.36. The molecule has 10 aromatic rings. The highest BCUT2D eigenvalue weighted by Gasteiger charge is 2.14. The minimum atomic E-state index is 1.00. The van der Waals surface area contributed by atoms with Crippen LogP contribution >= 0.6 is 56.7 Å². The van der Waals surface area contributed by atoms with Crippen molar-refractivity contribution < 1.29 is 22.1 Å². The van der Waals surface area contributed by atoms with Crippen molar-refractivity contribution in [3.63, 3.8) is 0 Å². The van der Waals surface area contributed by atoms with Gasteiger partial charge < -0.3 is 22.1 Å². The number of rotatable bonds is 0. The number of hydrogen-bond acceptors (Lipinski definition) is 10. The molecule has 64 heavy (non-hydrogen) atoms. The summed E-state index contributed by atoms with van der Waals surface area (Å²) >= 11 is 8.57. The fourth-order valence-electron chi connectivity index (χ4n) is 6.11. The van der Waals surface area contributed by atoms with Gasteiger partial charge in [-0.1, -0.05) is 69.2 Å². The molecule has 0 spiro atoms. The largest absolute Gasteiger partial charge is 0.451 e. The van der Waals surface area contributed by atoms with Gasteiger partial charge in [-0.15, -0.1) is 56.7 Å². The summed E-state index contributed by atoms with van der Waals surface area (Å²) in [4.78, 5) is 10.7. The predicted octanol–water partition coefficient (Wildman–Crippen LogP) is 21.9. The van der Waals surface area contributed by atoms with Crippen molar-refractivity contribution in [3.8, 4) is 0 Å². The Morgan fingerprint density at radius 2 is 0.766 bits per heavy atom. The summed E-state index contributed by atoms with van der Waals surface area (Å²) < 4.78 is 27.5. The van der Waals surface area contributed by atoms with Gasteiger partial charge in [-0.2, -0.15) is 0 Å². The molecular formula is C54H78O5S5. The van der Waals surface area contributed by atoms with Crippen molar-refractivity contribution in [2.45, 2.75) is 166 Å². The maximum absolute atomic E-state index is 5.62. The van der Waals surface area contributed by atoms with E-state index in [1.165, 1.54) is 74.3 Å². The van der Waals surface area contributed by atoms with Crippen LogP contribution < -0.4 is 0 Å². The van der Waals surface area contributed by atoms with E-state index in [0.717, 1.165) is 53.3 Å². The summed E-state index contributed by atoms with van der Waals surface area (Å²) in [6.45, 7) is 49.1. The van der Waals surface area contributed by atoms with Crippen molar-refractivity contribution in [3.05, 3.63) is 112 Å². The van der Waals surface area contributed by atoms with Crippen molar-refractivity contribution in [1.82, 2.24) is 0 Å². The van der Waals surface area contributed by atoms with Gasteiger partial charge in [-0.25, -0.2) is 0 Å². The Balaban J connectivity index is 0.000000381. The molecule has 0 N–H and O–H groups in total. The maximum Gasteiger partial charge on any atom is 0.188 e. The lowest BCUT2D eigenvalue weighted by Gasteiger charge is -1.90. The molecule has 0 bridgehead atoms. The molecule has 0 aliphatic rings. The van der Waals surface area contributed by atoms with E-state index in [9.17, 15) is 0 Å². The molecule has 0 atom stereocenters. The fourth-order valence-corrected chi connectivity index (χ4v) is 11.0. The molecule has 0 saturated carbocycles. The Hall–Kier alpha value is -3.80. The van der Waals surface area contributed by atoms with Crippen molar-refractivity contribution in [2.75, 3.05) is 0 Å². The van der Waals surface area contributed by atoms with E-state index in [1.807, 2.05) is 104 Å². The third-order valence-corrected chi connectivity index (χ3v) is 14.6. The van der Waals surface area contributed by atoms with Crippen molar-refractivity contribution in [2.24, 2.45) is 0 Å². The lowest BCUT2D eigenvalue weighted by atomic mass is 10.1. The lowest BCUT2D eigenvalue weighted by molar-refractivity contribution is 0.581. The summed E-state index contributed by atoms with van der Waals surface area (Å²) in [6.07, 6.45) is 0. The van der Waals surface area contributed by atoms with Gasteiger partial charge in [0.15, 0.2) is 24.5 Å². The van der Waals surface area contributed by atoms with Crippen molar-refractivity contribution in [1.29, 1.82) is 0 Å². The van der Waals surface area contributed by atoms with Crippen LogP contribution in [0.15, 0.2) is 57.8 Å². The molecule has 0 saturated heterocycles. The van der Waals surface area contributed by atoms with E-state index in [0.29, 0.717) is 0 Å². The number of aryl methyl sites for hydroxylation is 14. The molecule has 0 amide bonds. The van der Waals surface area contributed by atoms with Crippen LogP contribution in [-0.2, 0) is 0 Å². The highest BCUT2D eigenvalue weighted by atomic mass is 32.1. The van der Waals surface area contributed by atoms with Crippen LogP contribution in [0.1, 0.15) is 145 Å².